The highest BCUT2D eigenvalue weighted by Crippen LogP contribution is 2.25. The number of carbonyl (C=O) groups excluding carboxylic acids is 1. The van der Waals surface area contributed by atoms with Crippen molar-refractivity contribution in [2.24, 2.45) is 10.9 Å². The summed E-state index contributed by atoms with van der Waals surface area (Å²) >= 11 is 0. The molecule has 6 nitrogen and oxygen atoms in total. The van der Waals surface area contributed by atoms with Crippen molar-refractivity contribution >= 4 is 17.6 Å². The standard InChI is InChI=1S/C20H32N4O2/c1-15(14-26-3)23-20(21-2)22-13-16-8-7-11-18(12-16)24-19(25)17-9-5-4-6-10-17/h7-8,11-12,15,17H,4-6,9-10,13-14H2,1-3H3,(H,24,25)(H2,21,22,23). The molecule has 1 fully saturated rings. The monoisotopic (exact) mass is 360 g/mol. The number of benzene rings is 1. The van der Waals surface area contributed by atoms with Crippen LogP contribution in [0, 0.1) is 5.92 Å². The van der Waals surface area contributed by atoms with Crippen LogP contribution in [0.25, 0.3) is 0 Å². The molecule has 1 aliphatic carbocycles. The third-order valence-corrected chi connectivity index (χ3v) is 4.65. The van der Waals surface area contributed by atoms with Gasteiger partial charge in [0, 0.05) is 38.3 Å². The lowest BCUT2D eigenvalue weighted by atomic mass is 9.88. The summed E-state index contributed by atoms with van der Waals surface area (Å²) in [5, 5.41) is 9.63. The molecule has 2 rings (SSSR count). The van der Waals surface area contributed by atoms with Crippen LogP contribution in [0.1, 0.15) is 44.6 Å². The van der Waals surface area contributed by atoms with Crippen LogP contribution in [-0.4, -0.2) is 38.7 Å². The van der Waals surface area contributed by atoms with E-state index in [-0.39, 0.29) is 17.9 Å². The number of nitrogens with one attached hydrogen (secondary N) is 3. The second-order valence-electron chi connectivity index (χ2n) is 6.95. The van der Waals surface area contributed by atoms with Gasteiger partial charge in [-0.3, -0.25) is 9.79 Å². The molecule has 1 atom stereocenters. The van der Waals surface area contributed by atoms with Crippen molar-refractivity contribution in [3.8, 4) is 0 Å². The molecule has 3 N–H and O–H groups in total. The highest BCUT2D eigenvalue weighted by Gasteiger charge is 2.21. The number of methoxy groups -OCH3 is 1. The largest absolute Gasteiger partial charge is 0.383 e. The molecule has 1 saturated carbocycles. The molecular weight excluding hydrogens is 328 g/mol. The van der Waals surface area contributed by atoms with E-state index < -0.39 is 0 Å². The van der Waals surface area contributed by atoms with Gasteiger partial charge < -0.3 is 20.7 Å². The molecule has 0 heterocycles. The van der Waals surface area contributed by atoms with Gasteiger partial charge in [0.1, 0.15) is 0 Å². The summed E-state index contributed by atoms with van der Waals surface area (Å²) in [5.41, 5.74) is 1.95. The Morgan fingerprint density at radius 3 is 2.77 bits per heavy atom. The van der Waals surface area contributed by atoms with Crippen molar-refractivity contribution < 1.29 is 9.53 Å². The zero-order chi connectivity index (χ0) is 18.8. The number of amides is 1. The normalized spacial score (nSPS) is 16.8. The third kappa shape index (κ3) is 6.67. The first-order valence-corrected chi connectivity index (χ1v) is 9.48. The predicted octanol–water partition coefficient (Wildman–Crippen LogP) is 2.91. The van der Waals surface area contributed by atoms with Crippen molar-refractivity contribution in [1.82, 2.24) is 10.6 Å². The molecule has 1 aromatic carbocycles. The Kier molecular flexibility index (Phi) is 8.41. The van der Waals surface area contributed by atoms with Gasteiger partial charge in [-0.1, -0.05) is 31.4 Å². The average Bonchev–Trinajstić information content (AvgIpc) is 2.66. The van der Waals surface area contributed by atoms with Crippen LogP contribution in [0.4, 0.5) is 5.69 Å². The zero-order valence-electron chi connectivity index (χ0n) is 16.2. The molecule has 144 valence electrons. The van der Waals surface area contributed by atoms with E-state index in [0.717, 1.165) is 42.9 Å². The molecular formula is C20H32N4O2. The van der Waals surface area contributed by atoms with Crippen LogP contribution >= 0.6 is 0 Å². The number of hydrogen-bond donors (Lipinski definition) is 3. The van der Waals surface area contributed by atoms with Crippen molar-refractivity contribution in [2.75, 3.05) is 26.1 Å². The maximum absolute atomic E-state index is 12.4. The summed E-state index contributed by atoms with van der Waals surface area (Å²) in [4.78, 5) is 16.6. The fraction of sp³-hybridized carbons (Fsp3) is 0.600. The van der Waals surface area contributed by atoms with Crippen LogP contribution in [-0.2, 0) is 16.1 Å². The lowest BCUT2D eigenvalue weighted by Crippen LogP contribution is -2.43. The Labute approximate surface area is 156 Å². The number of aliphatic imine (C=N–C) groups is 1. The number of ether oxygens (including phenoxy) is 1. The quantitative estimate of drug-likeness (QED) is 0.516. The maximum atomic E-state index is 12.4. The Bertz CT molecular complexity index is 597. The van der Waals surface area contributed by atoms with E-state index in [0.29, 0.717) is 13.2 Å². The average molecular weight is 361 g/mol. The van der Waals surface area contributed by atoms with Gasteiger partial charge >= 0.3 is 0 Å². The lowest BCUT2D eigenvalue weighted by molar-refractivity contribution is -0.120. The van der Waals surface area contributed by atoms with Gasteiger partial charge in [0.25, 0.3) is 0 Å². The summed E-state index contributed by atoms with van der Waals surface area (Å²) in [5.74, 6) is 1.04. The molecule has 0 aromatic heterocycles. The van der Waals surface area contributed by atoms with E-state index in [4.69, 9.17) is 4.74 Å². The number of carbonyl (C=O) groups is 1. The Morgan fingerprint density at radius 1 is 1.31 bits per heavy atom. The molecule has 1 aromatic rings. The molecule has 0 bridgehead atoms. The Hall–Kier alpha value is -2.08. The SMILES string of the molecule is CN=C(NCc1cccc(NC(=O)C2CCCCC2)c1)NC(C)COC. The molecule has 1 unspecified atom stereocenters. The van der Waals surface area contributed by atoms with Crippen LogP contribution in [0.15, 0.2) is 29.3 Å². The number of hydrogen-bond acceptors (Lipinski definition) is 3. The first kappa shape index (κ1) is 20.2. The van der Waals surface area contributed by atoms with Crippen molar-refractivity contribution in [3.63, 3.8) is 0 Å². The lowest BCUT2D eigenvalue weighted by Gasteiger charge is -2.21. The van der Waals surface area contributed by atoms with Crippen LogP contribution in [0.3, 0.4) is 0 Å². The molecule has 0 saturated heterocycles. The van der Waals surface area contributed by atoms with Gasteiger partial charge in [-0.15, -0.1) is 0 Å². The van der Waals surface area contributed by atoms with Gasteiger partial charge in [0.2, 0.25) is 5.91 Å². The molecule has 0 spiro atoms. The summed E-state index contributed by atoms with van der Waals surface area (Å²) in [6.45, 7) is 3.29. The van der Waals surface area contributed by atoms with Crippen molar-refractivity contribution in [3.05, 3.63) is 29.8 Å². The number of nitrogens with zero attached hydrogens (tertiary/aromatic N) is 1. The van der Waals surface area contributed by atoms with Crippen LogP contribution in [0.5, 0.6) is 0 Å². The van der Waals surface area contributed by atoms with Gasteiger partial charge in [-0.2, -0.15) is 0 Å². The maximum Gasteiger partial charge on any atom is 0.227 e. The fourth-order valence-electron chi connectivity index (χ4n) is 3.27. The smallest absolute Gasteiger partial charge is 0.227 e. The summed E-state index contributed by atoms with van der Waals surface area (Å²) in [6, 6.07) is 8.14. The van der Waals surface area contributed by atoms with E-state index >= 15 is 0 Å². The van der Waals surface area contributed by atoms with Crippen LogP contribution < -0.4 is 16.0 Å². The first-order chi connectivity index (χ1) is 12.6. The topological polar surface area (TPSA) is 74.8 Å². The molecule has 0 aliphatic heterocycles. The van der Waals surface area contributed by atoms with Crippen molar-refractivity contribution in [2.45, 2.75) is 51.6 Å². The minimum absolute atomic E-state index is 0.153. The summed E-state index contributed by atoms with van der Waals surface area (Å²) < 4.78 is 5.13. The number of guanidine groups is 1. The van der Waals surface area contributed by atoms with E-state index in [2.05, 4.69) is 20.9 Å². The van der Waals surface area contributed by atoms with Crippen LogP contribution in [0.2, 0.25) is 0 Å². The minimum atomic E-state index is 0.153. The van der Waals surface area contributed by atoms with E-state index in [1.165, 1.54) is 6.42 Å². The minimum Gasteiger partial charge on any atom is -0.383 e. The van der Waals surface area contributed by atoms with Crippen molar-refractivity contribution in [1.29, 1.82) is 0 Å². The highest BCUT2D eigenvalue weighted by molar-refractivity contribution is 5.92. The second kappa shape index (κ2) is 10.8. The molecule has 6 heteroatoms. The molecule has 26 heavy (non-hydrogen) atoms. The molecule has 1 amide bonds. The zero-order valence-corrected chi connectivity index (χ0v) is 16.2. The Morgan fingerprint density at radius 2 is 2.08 bits per heavy atom. The second-order valence-corrected chi connectivity index (χ2v) is 6.95. The number of anilines is 1. The number of rotatable bonds is 7. The van der Waals surface area contributed by atoms with Gasteiger partial charge in [-0.25, -0.2) is 0 Å². The summed E-state index contributed by atoms with van der Waals surface area (Å²) in [7, 11) is 3.43. The van der Waals surface area contributed by atoms with E-state index in [9.17, 15) is 4.79 Å². The van der Waals surface area contributed by atoms with Gasteiger partial charge in [0.05, 0.1) is 6.61 Å². The predicted molar refractivity (Wildman–Crippen MR) is 106 cm³/mol. The third-order valence-electron chi connectivity index (χ3n) is 4.65. The first-order valence-electron chi connectivity index (χ1n) is 9.48. The molecule has 1 aliphatic rings. The van der Waals surface area contributed by atoms with Gasteiger partial charge in [0.15, 0.2) is 5.96 Å². The molecule has 0 radical (unpaired) electrons. The highest BCUT2D eigenvalue weighted by atomic mass is 16.5. The van der Waals surface area contributed by atoms with E-state index in [1.54, 1.807) is 14.2 Å². The Balaban J connectivity index is 1.86. The summed E-state index contributed by atoms with van der Waals surface area (Å²) in [6.07, 6.45) is 5.60. The van der Waals surface area contributed by atoms with Gasteiger partial charge in [-0.05, 0) is 37.5 Å². The fourth-order valence-corrected chi connectivity index (χ4v) is 3.27. The van der Waals surface area contributed by atoms with E-state index in [1.807, 2.05) is 31.2 Å².